The lowest BCUT2D eigenvalue weighted by atomic mass is 9.80. The molecule has 1 aliphatic carbocycles. The van der Waals surface area contributed by atoms with Crippen LogP contribution in [0.15, 0.2) is 91.0 Å². The molecule has 0 bridgehead atoms. The monoisotopic (exact) mass is 541 g/mol. The molecule has 4 aliphatic rings. The van der Waals surface area contributed by atoms with Crippen molar-refractivity contribution in [3.63, 3.8) is 0 Å². The molecule has 0 unspecified atom stereocenters. The van der Waals surface area contributed by atoms with Crippen LogP contribution in [0.5, 0.6) is 0 Å². The van der Waals surface area contributed by atoms with Gasteiger partial charge in [0, 0.05) is 12.5 Å². The number of fused-ring (bicyclic) bond motifs is 2. The van der Waals surface area contributed by atoms with Gasteiger partial charge in [-0.1, -0.05) is 104 Å². The lowest BCUT2D eigenvalue weighted by molar-refractivity contribution is -0.278. The smallest absolute Gasteiger partial charge is 0.164 e. The molecule has 6 nitrogen and oxygen atoms in total. The SMILES string of the molecule is CC1(C)O[C@@H]2[C@H](O1)[C@@H](COC(c1ccccc1)(c1ccccc1)c1ccccc1)O[C@H]2N1C[C@H]2CCCC[C@H]2O1. The average Bonchev–Trinajstić information content (AvgIpc) is 3.66. The van der Waals surface area contributed by atoms with Gasteiger partial charge in [-0.15, -0.1) is 0 Å². The summed E-state index contributed by atoms with van der Waals surface area (Å²) in [5.41, 5.74) is 2.37. The van der Waals surface area contributed by atoms with Crippen LogP contribution in [0.3, 0.4) is 0 Å². The number of hydrogen-bond acceptors (Lipinski definition) is 6. The molecule has 210 valence electrons. The highest BCUT2D eigenvalue weighted by Crippen LogP contribution is 2.45. The van der Waals surface area contributed by atoms with Crippen molar-refractivity contribution in [2.24, 2.45) is 5.92 Å². The summed E-state index contributed by atoms with van der Waals surface area (Å²) in [4.78, 5) is 6.46. The van der Waals surface area contributed by atoms with Crippen molar-refractivity contribution in [3.05, 3.63) is 108 Å². The molecule has 40 heavy (non-hydrogen) atoms. The third-order valence-electron chi connectivity index (χ3n) is 8.94. The zero-order valence-electron chi connectivity index (χ0n) is 23.4. The van der Waals surface area contributed by atoms with Crippen LogP contribution >= 0.6 is 0 Å². The summed E-state index contributed by atoms with van der Waals surface area (Å²) in [7, 11) is 0. The molecule has 0 amide bonds. The summed E-state index contributed by atoms with van der Waals surface area (Å²) in [5.74, 6) is -0.138. The normalized spacial score (nSPS) is 31.6. The van der Waals surface area contributed by atoms with Crippen LogP contribution in [0.2, 0.25) is 0 Å². The van der Waals surface area contributed by atoms with E-state index in [1.54, 1.807) is 0 Å². The van der Waals surface area contributed by atoms with Gasteiger partial charge in [0.15, 0.2) is 12.0 Å². The van der Waals surface area contributed by atoms with E-state index < -0.39 is 11.4 Å². The summed E-state index contributed by atoms with van der Waals surface area (Å²) in [6.07, 6.45) is 3.97. The van der Waals surface area contributed by atoms with Crippen molar-refractivity contribution in [1.82, 2.24) is 5.06 Å². The van der Waals surface area contributed by atoms with E-state index >= 15 is 0 Å². The minimum Gasteiger partial charge on any atom is -0.358 e. The van der Waals surface area contributed by atoms with Crippen molar-refractivity contribution < 1.29 is 23.8 Å². The van der Waals surface area contributed by atoms with Crippen LogP contribution in [-0.2, 0) is 29.4 Å². The van der Waals surface area contributed by atoms with Crippen LogP contribution in [0.4, 0.5) is 0 Å². The lowest BCUT2D eigenvalue weighted by Gasteiger charge is -2.37. The standard InChI is InChI=1S/C34H39NO5/c1-33(2)38-30-29(37-32(31(30)39-33)35-22-24-14-12-13-21-28(24)40-35)23-36-34(25-15-6-3-7-16-25,26-17-8-4-9-18-26)27-19-10-5-11-20-27/h3-11,15-20,24,28-32H,12-14,21-23H2,1-2H3/t24-,28-,29-,30-,31-,32-/m1/s1. The molecule has 3 saturated heterocycles. The molecular formula is C34H39NO5. The quantitative estimate of drug-likeness (QED) is 0.340. The third kappa shape index (κ3) is 4.71. The molecule has 4 fully saturated rings. The number of hydroxylamine groups is 2. The molecule has 6 atom stereocenters. The molecule has 3 heterocycles. The highest BCUT2D eigenvalue weighted by molar-refractivity contribution is 5.47. The number of rotatable bonds is 7. The second kappa shape index (κ2) is 10.7. The van der Waals surface area contributed by atoms with Crippen LogP contribution in [0.25, 0.3) is 0 Å². The number of nitrogens with zero attached hydrogens (tertiary/aromatic N) is 1. The molecule has 0 N–H and O–H groups in total. The maximum absolute atomic E-state index is 7.13. The highest BCUT2D eigenvalue weighted by atomic mass is 16.8. The molecule has 3 aromatic carbocycles. The van der Waals surface area contributed by atoms with Crippen LogP contribution in [0, 0.1) is 5.92 Å². The van der Waals surface area contributed by atoms with E-state index in [-0.39, 0.29) is 30.6 Å². The van der Waals surface area contributed by atoms with Gasteiger partial charge >= 0.3 is 0 Å². The van der Waals surface area contributed by atoms with E-state index in [1.807, 2.05) is 37.1 Å². The Morgan fingerprint density at radius 3 is 1.90 bits per heavy atom. The second-order valence-corrected chi connectivity index (χ2v) is 12.0. The fourth-order valence-corrected chi connectivity index (χ4v) is 7.13. The Morgan fingerprint density at radius 1 is 0.775 bits per heavy atom. The van der Waals surface area contributed by atoms with E-state index in [9.17, 15) is 0 Å². The fourth-order valence-electron chi connectivity index (χ4n) is 7.13. The summed E-state index contributed by atoms with van der Waals surface area (Å²) in [6, 6.07) is 31.4. The summed E-state index contributed by atoms with van der Waals surface area (Å²) in [6.45, 7) is 5.16. The first-order chi connectivity index (χ1) is 19.5. The summed E-state index contributed by atoms with van der Waals surface area (Å²) in [5, 5.41) is 2.04. The summed E-state index contributed by atoms with van der Waals surface area (Å²) < 4.78 is 26.8. The second-order valence-electron chi connectivity index (χ2n) is 12.0. The molecule has 3 aliphatic heterocycles. The van der Waals surface area contributed by atoms with Crippen LogP contribution < -0.4 is 0 Å². The van der Waals surface area contributed by atoms with Crippen molar-refractivity contribution >= 4 is 0 Å². The number of hydrogen-bond donors (Lipinski definition) is 0. The van der Waals surface area contributed by atoms with E-state index in [4.69, 9.17) is 23.8 Å². The van der Waals surface area contributed by atoms with Crippen molar-refractivity contribution in [1.29, 1.82) is 0 Å². The topological polar surface area (TPSA) is 49.4 Å². The van der Waals surface area contributed by atoms with E-state index in [2.05, 4.69) is 72.8 Å². The maximum Gasteiger partial charge on any atom is 0.164 e. The van der Waals surface area contributed by atoms with Crippen molar-refractivity contribution in [2.75, 3.05) is 13.2 Å². The highest BCUT2D eigenvalue weighted by Gasteiger charge is 2.59. The van der Waals surface area contributed by atoms with Gasteiger partial charge in [0.05, 0.1) is 12.7 Å². The molecule has 0 radical (unpaired) electrons. The molecule has 1 saturated carbocycles. The van der Waals surface area contributed by atoms with Gasteiger partial charge in [-0.05, 0) is 43.4 Å². The zero-order valence-corrected chi connectivity index (χ0v) is 23.4. The molecule has 7 rings (SSSR count). The Balaban J connectivity index is 1.21. The Morgan fingerprint density at radius 2 is 1.32 bits per heavy atom. The first kappa shape index (κ1) is 26.3. The van der Waals surface area contributed by atoms with Gasteiger partial charge in [0.1, 0.15) is 23.9 Å². The largest absolute Gasteiger partial charge is 0.358 e. The van der Waals surface area contributed by atoms with E-state index in [0.717, 1.165) is 29.7 Å². The molecule has 0 spiro atoms. The molecule has 3 aromatic rings. The van der Waals surface area contributed by atoms with Gasteiger partial charge in [-0.25, -0.2) is 0 Å². The molecule has 6 heteroatoms. The zero-order chi connectivity index (χ0) is 27.2. The Hall–Kier alpha value is -2.58. The van der Waals surface area contributed by atoms with Gasteiger partial charge in [-0.2, -0.15) is 5.06 Å². The summed E-state index contributed by atoms with van der Waals surface area (Å²) >= 11 is 0. The molecular weight excluding hydrogens is 502 g/mol. The Bertz CT molecular complexity index is 1160. The van der Waals surface area contributed by atoms with Crippen LogP contribution in [-0.4, -0.2) is 54.6 Å². The lowest BCUT2D eigenvalue weighted by Crippen LogP contribution is -2.42. The Kier molecular flexibility index (Phi) is 7.03. The molecule has 0 aromatic heterocycles. The number of ether oxygens (including phenoxy) is 4. The fraction of sp³-hybridized carbons (Fsp3) is 0.471. The number of benzene rings is 3. The minimum absolute atomic E-state index is 0.247. The first-order valence-corrected chi connectivity index (χ1v) is 14.8. The van der Waals surface area contributed by atoms with Gasteiger partial charge in [-0.3, -0.25) is 4.84 Å². The van der Waals surface area contributed by atoms with Crippen molar-refractivity contribution in [2.45, 2.75) is 81.6 Å². The maximum atomic E-state index is 7.13. The predicted octanol–water partition coefficient (Wildman–Crippen LogP) is 6.05. The third-order valence-corrected chi connectivity index (χ3v) is 8.94. The first-order valence-electron chi connectivity index (χ1n) is 14.8. The Labute approximate surface area is 237 Å². The van der Waals surface area contributed by atoms with E-state index in [0.29, 0.717) is 12.5 Å². The average molecular weight is 542 g/mol. The van der Waals surface area contributed by atoms with E-state index in [1.165, 1.54) is 19.3 Å². The van der Waals surface area contributed by atoms with Crippen molar-refractivity contribution in [3.8, 4) is 0 Å². The van der Waals surface area contributed by atoms with Gasteiger partial charge in [0.25, 0.3) is 0 Å². The van der Waals surface area contributed by atoms with Gasteiger partial charge < -0.3 is 18.9 Å². The predicted molar refractivity (Wildman–Crippen MR) is 151 cm³/mol. The minimum atomic E-state index is -0.825. The van der Waals surface area contributed by atoms with Gasteiger partial charge in [0.2, 0.25) is 0 Å². The van der Waals surface area contributed by atoms with Crippen LogP contribution in [0.1, 0.15) is 56.2 Å².